The van der Waals surface area contributed by atoms with E-state index in [2.05, 4.69) is 10.5 Å². The van der Waals surface area contributed by atoms with E-state index >= 15 is 0 Å². The molecule has 0 saturated carbocycles. The van der Waals surface area contributed by atoms with Gasteiger partial charge in [-0.3, -0.25) is 4.79 Å². The Labute approximate surface area is 121 Å². The lowest BCUT2D eigenvalue weighted by Gasteiger charge is -2.07. The van der Waals surface area contributed by atoms with E-state index in [0.29, 0.717) is 11.4 Å². The van der Waals surface area contributed by atoms with Crippen molar-refractivity contribution in [1.82, 2.24) is 5.16 Å². The van der Waals surface area contributed by atoms with Crippen LogP contribution in [0.4, 0.5) is 5.69 Å². The minimum absolute atomic E-state index is 0.141. The van der Waals surface area contributed by atoms with Crippen molar-refractivity contribution in [2.24, 2.45) is 0 Å². The summed E-state index contributed by atoms with van der Waals surface area (Å²) in [6, 6.07) is 6.75. The van der Waals surface area contributed by atoms with Crippen molar-refractivity contribution in [2.45, 2.75) is 13.8 Å². The number of anilines is 1. The Morgan fingerprint density at radius 3 is 2.62 bits per heavy atom. The lowest BCUT2D eigenvalue weighted by Crippen LogP contribution is -2.11. The lowest BCUT2D eigenvalue weighted by atomic mass is 10.1. The van der Waals surface area contributed by atoms with E-state index in [1.165, 1.54) is 6.08 Å². The number of rotatable bonds is 4. The van der Waals surface area contributed by atoms with Crippen molar-refractivity contribution >= 4 is 23.6 Å². The largest absolute Gasteiger partial charge is 0.478 e. The van der Waals surface area contributed by atoms with E-state index in [4.69, 9.17) is 9.63 Å². The van der Waals surface area contributed by atoms with Crippen LogP contribution >= 0.6 is 0 Å². The molecule has 0 fully saturated rings. The van der Waals surface area contributed by atoms with Gasteiger partial charge in [-0.1, -0.05) is 11.2 Å². The van der Waals surface area contributed by atoms with Crippen molar-refractivity contribution < 1.29 is 19.2 Å². The highest BCUT2D eigenvalue weighted by Crippen LogP contribution is 2.18. The number of nitrogens with zero attached hydrogens (tertiary/aromatic N) is 1. The van der Waals surface area contributed by atoms with E-state index in [1.807, 2.05) is 6.92 Å². The first-order valence-corrected chi connectivity index (χ1v) is 6.22. The fourth-order valence-electron chi connectivity index (χ4n) is 1.75. The van der Waals surface area contributed by atoms with Crippen LogP contribution < -0.4 is 5.32 Å². The number of aliphatic carboxylic acids is 1. The Bertz CT molecular complexity index is 716. The molecule has 0 radical (unpaired) electrons. The molecule has 0 aliphatic heterocycles. The summed E-state index contributed by atoms with van der Waals surface area (Å²) in [5.74, 6) is -1.25. The van der Waals surface area contributed by atoms with Crippen LogP contribution in [0, 0.1) is 13.8 Å². The highest BCUT2D eigenvalue weighted by Gasteiger charge is 2.12. The fourth-order valence-corrected chi connectivity index (χ4v) is 1.75. The summed E-state index contributed by atoms with van der Waals surface area (Å²) in [5, 5.41) is 15.0. The van der Waals surface area contributed by atoms with Crippen molar-refractivity contribution in [3.05, 3.63) is 52.9 Å². The minimum Gasteiger partial charge on any atom is -0.478 e. The van der Waals surface area contributed by atoms with Crippen LogP contribution in [-0.2, 0) is 4.79 Å². The normalized spacial score (nSPS) is 10.8. The monoisotopic (exact) mass is 286 g/mol. The maximum Gasteiger partial charge on any atom is 0.328 e. The molecule has 2 rings (SSSR count). The summed E-state index contributed by atoms with van der Waals surface area (Å²) in [6.07, 6.45) is 2.55. The van der Waals surface area contributed by atoms with Gasteiger partial charge in [0.05, 0.1) is 5.69 Å². The molecule has 0 spiro atoms. The molecule has 1 aromatic carbocycles. The number of hydrogen-bond acceptors (Lipinski definition) is 4. The fraction of sp³-hybridized carbons (Fsp3) is 0.133. The second-order valence-electron chi connectivity index (χ2n) is 4.53. The molecule has 1 aromatic heterocycles. The quantitative estimate of drug-likeness (QED) is 0.843. The average molecular weight is 286 g/mol. The van der Waals surface area contributed by atoms with Crippen molar-refractivity contribution in [1.29, 1.82) is 0 Å². The van der Waals surface area contributed by atoms with Gasteiger partial charge in [0, 0.05) is 17.8 Å². The topological polar surface area (TPSA) is 92.4 Å². The number of hydrogen-bond donors (Lipinski definition) is 2. The molecular weight excluding hydrogens is 272 g/mol. The summed E-state index contributed by atoms with van der Waals surface area (Å²) in [5.41, 5.74) is 2.81. The standard InChI is InChI=1S/C15H14N2O4/c1-9-7-11(4-6-14(18)19)3-5-12(9)16-15(20)13-8-10(2)17-21-13/h3-8H,1-2H3,(H,16,20)(H,18,19). The summed E-state index contributed by atoms with van der Waals surface area (Å²) < 4.78 is 4.89. The third-order valence-electron chi connectivity index (χ3n) is 2.77. The van der Waals surface area contributed by atoms with Crippen LogP contribution in [0.2, 0.25) is 0 Å². The number of benzene rings is 1. The summed E-state index contributed by atoms with van der Waals surface area (Å²) in [7, 11) is 0. The van der Waals surface area contributed by atoms with Gasteiger partial charge in [-0.25, -0.2) is 4.79 Å². The second-order valence-corrected chi connectivity index (χ2v) is 4.53. The SMILES string of the molecule is Cc1cc(C(=O)Nc2ccc(C=CC(=O)O)cc2C)on1. The Morgan fingerprint density at radius 1 is 1.29 bits per heavy atom. The average Bonchev–Trinajstić information content (AvgIpc) is 2.86. The molecule has 1 heterocycles. The van der Waals surface area contributed by atoms with Crippen LogP contribution in [-0.4, -0.2) is 22.1 Å². The molecular formula is C15H14N2O4. The predicted octanol–water partition coefficient (Wildman–Crippen LogP) is 2.64. The molecule has 0 aliphatic carbocycles. The first-order valence-electron chi connectivity index (χ1n) is 6.22. The molecule has 0 aliphatic rings. The third kappa shape index (κ3) is 3.79. The number of nitrogens with one attached hydrogen (secondary N) is 1. The zero-order valence-corrected chi connectivity index (χ0v) is 11.6. The van der Waals surface area contributed by atoms with Gasteiger partial charge >= 0.3 is 5.97 Å². The highest BCUT2D eigenvalue weighted by atomic mass is 16.5. The van der Waals surface area contributed by atoms with E-state index in [-0.39, 0.29) is 11.7 Å². The molecule has 21 heavy (non-hydrogen) atoms. The molecule has 0 unspecified atom stereocenters. The van der Waals surface area contributed by atoms with Crippen LogP contribution in [0.15, 0.2) is 34.9 Å². The summed E-state index contributed by atoms with van der Waals surface area (Å²) >= 11 is 0. The maximum atomic E-state index is 11.9. The Kier molecular flexibility index (Phi) is 4.18. The van der Waals surface area contributed by atoms with E-state index < -0.39 is 5.97 Å². The Balaban J connectivity index is 2.14. The second kappa shape index (κ2) is 6.04. The number of amides is 1. The van der Waals surface area contributed by atoms with Gasteiger partial charge < -0.3 is 14.9 Å². The van der Waals surface area contributed by atoms with Gasteiger partial charge in [-0.15, -0.1) is 0 Å². The van der Waals surface area contributed by atoms with Gasteiger partial charge in [0.2, 0.25) is 5.76 Å². The number of aryl methyl sites for hydroxylation is 2. The summed E-state index contributed by atoms with van der Waals surface area (Å²) in [6.45, 7) is 3.55. The van der Waals surface area contributed by atoms with Crippen molar-refractivity contribution in [2.75, 3.05) is 5.32 Å². The Hall–Kier alpha value is -2.89. The van der Waals surface area contributed by atoms with Crippen molar-refractivity contribution in [3.8, 4) is 0 Å². The van der Waals surface area contributed by atoms with Crippen LogP contribution in [0.25, 0.3) is 6.08 Å². The molecule has 2 N–H and O–H groups in total. The van der Waals surface area contributed by atoms with Crippen LogP contribution in [0.3, 0.4) is 0 Å². The molecule has 6 heteroatoms. The van der Waals surface area contributed by atoms with Gasteiger partial charge in [0.15, 0.2) is 0 Å². The molecule has 0 saturated heterocycles. The first-order chi connectivity index (χ1) is 9.95. The van der Waals surface area contributed by atoms with E-state index in [9.17, 15) is 9.59 Å². The number of carboxylic acids is 1. The molecule has 1 amide bonds. The van der Waals surface area contributed by atoms with Gasteiger partial charge in [0.25, 0.3) is 5.91 Å². The zero-order valence-electron chi connectivity index (χ0n) is 11.6. The molecule has 6 nitrogen and oxygen atoms in total. The van der Waals surface area contributed by atoms with Gasteiger partial charge in [0.1, 0.15) is 0 Å². The van der Waals surface area contributed by atoms with Gasteiger partial charge in [-0.05, 0) is 43.2 Å². The number of carboxylic acid groups (broad SMARTS) is 1. The van der Waals surface area contributed by atoms with Crippen molar-refractivity contribution in [3.63, 3.8) is 0 Å². The summed E-state index contributed by atoms with van der Waals surface area (Å²) in [4.78, 5) is 22.4. The predicted molar refractivity (Wildman–Crippen MR) is 77.0 cm³/mol. The number of carbonyl (C=O) groups excluding carboxylic acids is 1. The van der Waals surface area contributed by atoms with Gasteiger partial charge in [-0.2, -0.15) is 0 Å². The zero-order chi connectivity index (χ0) is 15.4. The maximum absolute atomic E-state index is 11.9. The molecule has 0 atom stereocenters. The van der Waals surface area contributed by atoms with E-state index in [0.717, 1.165) is 17.2 Å². The highest BCUT2D eigenvalue weighted by molar-refractivity contribution is 6.02. The number of carbonyl (C=O) groups is 2. The lowest BCUT2D eigenvalue weighted by molar-refractivity contribution is -0.131. The Morgan fingerprint density at radius 2 is 2.05 bits per heavy atom. The number of aromatic nitrogens is 1. The van der Waals surface area contributed by atoms with Crippen LogP contribution in [0.1, 0.15) is 27.4 Å². The molecule has 2 aromatic rings. The smallest absolute Gasteiger partial charge is 0.328 e. The third-order valence-corrected chi connectivity index (χ3v) is 2.77. The molecule has 0 bridgehead atoms. The van der Waals surface area contributed by atoms with Crippen LogP contribution in [0.5, 0.6) is 0 Å². The first kappa shape index (κ1) is 14.5. The van der Waals surface area contributed by atoms with E-state index in [1.54, 1.807) is 31.2 Å². The molecule has 108 valence electrons. The minimum atomic E-state index is -1.01.